The zero-order valence-electron chi connectivity index (χ0n) is 11.8. The van der Waals surface area contributed by atoms with Crippen LogP contribution in [0.4, 0.5) is 5.69 Å². The summed E-state index contributed by atoms with van der Waals surface area (Å²) in [7, 11) is -1.83. The van der Waals surface area contributed by atoms with Crippen LogP contribution in [0.5, 0.6) is 5.75 Å². The molecule has 1 aromatic rings. The van der Waals surface area contributed by atoms with Crippen molar-refractivity contribution in [2.45, 2.75) is 19.1 Å². The first-order chi connectivity index (χ1) is 9.29. The Labute approximate surface area is 118 Å². The molecule has 0 aromatic heterocycles. The molecule has 0 spiro atoms. The third kappa shape index (κ3) is 3.86. The van der Waals surface area contributed by atoms with Gasteiger partial charge in [-0.05, 0) is 26.0 Å². The van der Waals surface area contributed by atoms with E-state index in [4.69, 9.17) is 15.2 Å². The fourth-order valence-electron chi connectivity index (χ4n) is 1.50. The number of sulfone groups is 1. The molecule has 0 radical (unpaired) electrons. The summed E-state index contributed by atoms with van der Waals surface area (Å²) >= 11 is 0. The van der Waals surface area contributed by atoms with Crippen molar-refractivity contribution < 1.29 is 22.7 Å². The molecule has 0 unspecified atom stereocenters. The van der Waals surface area contributed by atoms with E-state index >= 15 is 0 Å². The molecular formula is C13H19NO5S. The highest BCUT2D eigenvalue weighted by atomic mass is 32.2. The summed E-state index contributed by atoms with van der Waals surface area (Å²) < 4.78 is 33.2. The quantitative estimate of drug-likeness (QED) is 0.627. The largest absolute Gasteiger partial charge is 0.496 e. The number of benzene rings is 1. The van der Waals surface area contributed by atoms with Gasteiger partial charge in [0.15, 0.2) is 9.84 Å². The maximum atomic E-state index is 11.9. The zero-order valence-corrected chi connectivity index (χ0v) is 12.6. The van der Waals surface area contributed by atoms with E-state index in [0.717, 1.165) is 0 Å². The lowest BCUT2D eigenvalue weighted by atomic mass is 10.1. The normalized spacial score (nSPS) is 11.4. The second-order valence-electron chi connectivity index (χ2n) is 4.48. The van der Waals surface area contributed by atoms with Gasteiger partial charge in [0.25, 0.3) is 0 Å². The molecule has 0 aliphatic heterocycles. The van der Waals surface area contributed by atoms with Gasteiger partial charge >= 0.3 is 5.97 Å². The molecule has 0 fully saturated rings. The Hall–Kier alpha value is -1.76. The summed E-state index contributed by atoms with van der Waals surface area (Å²) in [5.41, 5.74) is 6.04. The van der Waals surface area contributed by atoms with Crippen molar-refractivity contribution >= 4 is 21.5 Å². The van der Waals surface area contributed by atoms with Crippen LogP contribution in [-0.4, -0.2) is 39.1 Å². The van der Waals surface area contributed by atoms with Crippen LogP contribution in [0, 0.1) is 0 Å². The lowest BCUT2D eigenvalue weighted by Crippen LogP contribution is -2.22. The van der Waals surface area contributed by atoms with E-state index in [1.807, 2.05) is 0 Å². The van der Waals surface area contributed by atoms with Crippen LogP contribution in [0.15, 0.2) is 18.2 Å². The summed E-state index contributed by atoms with van der Waals surface area (Å²) in [6.45, 7) is 2.95. The topological polar surface area (TPSA) is 95.7 Å². The molecule has 2 N–H and O–H groups in total. The van der Waals surface area contributed by atoms with Crippen molar-refractivity contribution in [1.82, 2.24) is 0 Å². The molecule has 1 aromatic carbocycles. The molecular weight excluding hydrogens is 282 g/mol. The van der Waals surface area contributed by atoms with E-state index in [2.05, 4.69) is 0 Å². The van der Waals surface area contributed by atoms with Crippen LogP contribution in [-0.2, 0) is 14.6 Å². The molecule has 6 nitrogen and oxygen atoms in total. The van der Waals surface area contributed by atoms with Crippen molar-refractivity contribution in [3.8, 4) is 5.75 Å². The number of anilines is 1. The third-order valence-corrected chi connectivity index (χ3v) is 4.97. The number of carbonyl (C=O) groups excluding carboxylic acids is 1. The monoisotopic (exact) mass is 301 g/mol. The minimum Gasteiger partial charge on any atom is -0.496 e. The number of nitrogens with two attached hydrogens (primary N) is 1. The molecule has 1 rings (SSSR count). The maximum Gasteiger partial charge on any atom is 0.344 e. The van der Waals surface area contributed by atoms with Crippen molar-refractivity contribution in [2.75, 3.05) is 25.2 Å². The molecule has 0 heterocycles. The van der Waals surface area contributed by atoms with Crippen molar-refractivity contribution in [2.24, 2.45) is 0 Å². The lowest BCUT2D eigenvalue weighted by molar-refractivity contribution is 0.0527. The highest BCUT2D eigenvalue weighted by Gasteiger charge is 2.20. The van der Waals surface area contributed by atoms with Crippen LogP contribution in [0.2, 0.25) is 0 Å². The molecule has 0 saturated heterocycles. The molecule has 0 saturated carbocycles. The summed E-state index contributed by atoms with van der Waals surface area (Å²) in [5.74, 6) is -0.619. The Morgan fingerprint density at radius 3 is 2.55 bits per heavy atom. The van der Waals surface area contributed by atoms with Crippen LogP contribution < -0.4 is 10.5 Å². The van der Waals surface area contributed by atoms with Crippen LogP contribution in [0.1, 0.15) is 24.2 Å². The smallest absolute Gasteiger partial charge is 0.344 e. The average Bonchev–Trinajstić information content (AvgIpc) is 2.37. The first-order valence-electron chi connectivity index (χ1n) is 6.10. The Morgan fingerprint density at radius 1 is 1.35 bits per heavy atom. The number of ether oxygens (including phenoxy) is 2. The van der Waals surface area contributed by atoms with E-state index < -0.39 is 21.1 Å². The molecule has 0 aliphatic rings. The first-order valence-corrected chi connectivity index (χ1v) is 7.82. The lowest BCUT2D eigenvalue weighted by Gasteiger charge is -2.11. The van der Waals surface area contributed by atoms with Crippen molar-refractivity contribution in [1.29, 1.82) is 0 Å². The Bertz CT molecular complexity index is 580. The van der Waals surface area contributed by atoms with E-state index in [1.54, 1.807) is 32.0 Å². The molecule has 7 heteroatoms. The van der Waals surface area contributed by atoms with E-state index in [1.165, 1.54) is 7.11 Å². The predicted octanol–water partition coefficient (Wildman–Crippen LogP) is 1.26. The van der Waals surface area contributed by atoms with E-state index in [0.29, 0.717) is 5.75 Å². The number of esters is 1. The molecule has 112 valence electrons. The van der Waals surface area contributed by atoms with Gasteiger partial charge in [0.1, 0.15) is 17.9 Å². The number of methoxy groups -OCH3 is 1. The zero-order chi connectivity index (χ0) is 15.3. The second kappa shape index (κ2) is 6.60. The fourth-order valence-corrected chi connectivity index (χ4v) is 2.28. The molecule has 0 atom stereocenters. The predicted molar refractivity (Wildman–Crippen MR) is 76.6 cm³/mol. The van der Waals surface area contributed by atoms with Crippen molar-refractivity contribution in [3.63, 3.8) is 0 Å². The first kappa shape index (κ1) is 16.3. The van der Waals surface area contributed by atoms with Crippen molar-refractivity contribution in [3.05, 3.63) is 23.8 Å². The highest BCUT2D eigenvalue weighted by molar-refractivity contribution is 7.91. The SMILES string of the molecule is COc1cccc(N)c1C(=O)OCCS(=O)(=O)C(C)C. The van der Waals surface area contributed by atoms with Gasteiger partial charge in [-0.25, -0.2) is 13.2 Å². The molecule has 0 amide bonds. The van der Waals surface area contributed by atoms with Crippen LogP contribution in [0.25, 0.3) is 0 Å². The number of hydrogen-bond donors (Lipinski definition) is 1. The van der Waals surface area contributed by atoms with Gasteiger partial charge in [-0.15, -0.1) is 0 Å². The summed E-state index contributed by atoms with van der Waals surface area (Å²) in [4.78, 5) is 11.9. The number of rotatable bonds is 6. The molecule has 20 heavy (non-hydrogen) atoms. The van der Waals surface area contributed by atoms with E-state index in [9.17, 15) is 13.2 Å². The number of hydrogen-bond acceptors (Lipinski definition) is 6. The Balaban J connectivity index is 2.74. The number of carbonyl (C=O) groups is 1. The number of nitrogen functional groups attached to an aromatic ring is 1. The summed E-state index contributed by atoms with van der Waals surface area (Å²) in [5, 5.41) is -0.502. The Morgan fingerprint density at radius 2 is 2.00 bits per heavy atom. The van der Waals surface area contributed by atoms with Gasteiger partial charge in [0, 0.05) is 5.69 Å². The Kier molecular flexibility index (Phi) is 5.38. The second-order valence-corrected chi connectivity index (χ2v) is 7.15. The summed E-state index contributed by atoms with van der Waals surface area (Å²) in [6, 6.07) is 4.77. The molecule has 0 aliphatic carbocycles. The maximum absolute atomic E-state index is 11.9. The van der Waals surface area contributed by atoms with Crippen LogP contribution in [0.3, 0.4) is 0 Å². The van der Waals surface area contributed by atoms with Gasteiger partial charge in [-0.3, -0.25) is 0 Å². The highest BCUT2D eigenvalue weighted by Crippen LogP contribution is 2.24. The minimum absolute atomic E-state index is 0.108. The fraction of sp³-hybridized carbons (Fsp3) is 0.462. The minimum atomic E-state index is -3.24. The van der Waals surface area contributed by atoms with Crippen LogP contribution >= 0.6 is 0 Å². The standard InChI is InChI=1S/C13H19NO5S/c1-9(2)20(16,17)8-7-19-13(15)12-10(14)5-4-6-11(12)18-3/h4-6,9H,7-8,14H2,1-3H3. The van der Waals surface area contributed by atoms with Gasteiger partial charge in [-0.2, -0.15) is 0 Å². The van der Waals surface area contributed by atoms with Gasteiger partial charge in [0.2, 0.25) is 0 Å². The third-order valence-electron chi connectivity index (χ3n) is 2.80. The van der Waals surface area contributed by atoms with Gasteiger partial charge in [0.05, 0.1) is 18.1 Å². The molecule has 0 bridgehead atoms. The van der Waals surface area contributed by atoms with Gasteiger partial charge < -0.3 is 15.2 Å². The van der Waals surface area contributed by atoms with E-state index in [-0.39, 0.29) is 23.6 Å². The average molecular weight is 301 g/mol. The summed E-state index contributed by atoms with van der Waals surface area (Å²) in [6.07, 6.45) is 0. The van der Waals surface area contributed by atoms with Gasteiger partial charge in [-0.1, -0.05) is 6.07 Å².